The predicted octanol–water partition coefficient (Wildman–Crippen LogP) is 0.558. The molecule has 0 radical (unpaired) electrons. The smallest absolute Gasteiger partial charge is 0.241 e. The van der Waals surface area contributed by atoms with E-state index in [9.17, 15) is 0 Å². The maximum Gasteiger partial charge on any atom is 0.241 e. The molecule has 0 bridgehead atoms. The lowest BCUT2D eigenvalue weighted by Crippen LogP contribution is -2.13. The first-order chi connectivity index (χ1) is 7.63. The van der Waals surface area contributed by atoms with Crippen LogP contribution in [-0.4, -0.2) is 22.0 Å². The highest BCUT2D eigenvalue weighted by molar-refractivity contribution is 5.60. The number of aryl methyl sites for hydroxylation is 1. The Hall–Kier alpha value is -2.24. The Labute approximate surface area is 92.8 Å². The average molecular weight is 219 g/mol. The van der Waals surface area contributed by atoms with Crippen LogP contribution in [0, 0.1) is 6.92 Å². The minimum Gasteiger partial charge on any atom is -0.496 e. The molecule has 1 aromatic carbocycles. The summed E-state index contributed by atoms with van der Waals surface area (Å²) in [5, 5.41) is 7.59. The van der Waals surface area contributed by atoms with Crippen molar-refractivity contribution in [2.24, 2.45) is 0 Å². The summed E-state index contributed by atoms with van der Waals surface area (Å²) in [7, 11) is 1.62. The summed E-state index contributed by atoms with van der Waals surface area (Å²) >= 11 is 0. The zero-order chi connectivity index (χ0) is 11.7. The van der Waals surface area contributed by atoms with E-state index in [2.05, 4.69) is 10.2 Å². The van der Waals surface area contributed by atoms with Gasteiger partial charge in [-0.25, -0.2) is 4.68 Å². The van der Waals surface area contributed by atoms with Crippen molar-refractivity contribution in [1.29, 1.82) is 0 Å². The van der Waals surface area contributed by atoms with Gasteiger partial charge in [-0.3, -0.25) is 0 Å². The SMILES string of the molecule is COc1cc(-c2nnc(N)n2N)ccc1C. The highest BCUT2D eigenvalue weighted by Gasteiger charge is 2.10. The van der Waals surface area contributed by atoms with E-state index in [1.165, 1.54) is 4.68 Å². The Morgan fingerprint density at radius 2 is 2.06 bits per heavy atom. The van der Waals surface area contributed by atoms with E-state index in [0.717, 1.165) is 16.9 Å². The highest BCUT2D eigenvalue weighted by atomic mass is 16.5. The molecule has 0 unspecified atom stereocenters. The zero-order valence-electron chi connectivity index (χ0n) is 9.14. The number of aromatic nitrogens is 3. The standard InChI is InChI=1S/C10H13N5O/c1-6-3-4-7(5-8(6)16-2)9-13-14-10(11)15(9)12/h3-5H,12H2,1-2H3,(H2,11,14). The number of hydrogen-bond donors (Lipinski definition) is 2. The molecule has 6 nitrogen and oxygen atoms in total. The van der Waals surface area contributed by atoms with Crippen molar-refractivity contribution in [1.82, 2.24) is 14.9 Å². The number of nitrogens with two attached hydrogens (primary N) is 2. The van der Waals surface area contributed by atoms with Crippen LogP contribution in [0.5, 0.6) is 5.75 Å². The lowest BCUT2D eigenvalue weighted by Gasteiger charge is -2.07. The fraction of sp³-hybridized carbons (Fsp3) is 0.200. The maximum atomic E-state index is 5.69. The Kier molecular flexibility index (Phi) is 2.40. The van der Waals surface area contributed by atoms with Crippen LogP contribution in [0.4, 0.5) is 5.95 Å². The van der Waals surface area contributed by atoms with Gasteiger partial charge in [0.25, 0.3) is 0 Å². The molecule has 84 valence electrons. The number of benzene rings is 1. The molecule has 1 aromatic heterocycles. The molecule has 0 aliphatic heterocycles. The van der Waals surface area contributed by atoms with Crippen molar-refractivity contribution >= 4 is 5.95 Å². The van der Waals surface area contributed by atoms with Gasteiger partial charge in [-0.2, -0.15) is 0 Å². The second-order valence-electron chi connectivity index (χ2n) is 3.44. The summed E-state index contributed by atoms with van der Waals surface area (Å²) in [6.07, 6.45) is 0. The van der Waals surface area contributed by atoms with Gasteiger partial charge < -0.3 is 16.3 Å². The highest BCUT2D eigenvalue weighted by Crippen LogP contribution is 2.25. The average Bonchev–Trinajstić information content (AvgIpc) is 2.61. The Balaban J connectivity index is 2.52. The normalized spacial score (nSPS) is 10.4. The molecular formula is C10H13N5O. The molecule has 16 heavy (non-hydrogen) atoms. The van der Waals surface area contributed by atoms with Gasteiger partial charge in [-0.05, 0) is 18.6 Å². The first-order valence-electron chi connectivity index (χ1n) is 4.74. The van der Waals surface area contributed by atoms with E-state index >= 15 is 0 Å². The van der Waals surface area contributed by atoms with Crippen LogP contribution in [0.1, 0.15) is 5.56 Å². The summed E-state index contributed by atoms with van der Waals surface area (Å²) in [5.41, 5.74) is 7.37. The van der Waals surface area contributed by atoms with E-state index in [4.69, 9.17) is 16.3 Å². The monoisotopic (exact) mass is 219 g/mol. The molecular weight excluding hydrogens is 206 g/mol. The molecule has 0 amide bonds. The summed E-state index contributed by atoms with van der Waals surface area (Å²) in [6.45, 7) is 1.96. The number of nitrogen functional groups attached to an aromatic ring is 2. The molecule has 0 aliphatic carbocycles. The van der Waals surface area contributed by atoms with E-state index in [1.807, 2.05) is 25.1 Å². The van der Waals surface area contributed by atoms with Crippen LogP contribution in [0.15, 0.2) is 18.2 Å². The Bertz CT molecular complexity index is 520. The molecule has 0 saturated carbocycles. The number of hydrogen-bond acceptors (Lipinski definition) is 5. The van der Waals surface area contributed by atoms with Crippen LogP contribution < -0.4 is 16.3 Å². The van der Waals surface area contributed by atoms with Gasteiger partial charge in [0.1, 0.15) is 5.75 Å². The van der Waals surface area contributed by atoms with Gasteiger partial charge in [0.05, 0.1) is 7.11 Å². The second-order valence-corrected chi connectivity index (χ2v) is 3.44. The zero-order valence-corrected chi connectivity index (χ0v) is 9.14. The number of nitrogens with zero attached hydrogens (tertiary/aromatic N) is 3. The quantitative estimate of drug-likeness (QED) is 0.720. The van der Waals surface area contributed by atoms with Gasteiger partial charge >= 0.3 is 0 Å². The van der Waals surface area contributed by atoms with Gasteiger partial charge in [0.15, 0.2) is 5.82 Å². The summed E-state index contributed by atoms with van der Waals surface area (Å²) in [5.74, 6) is 7.15. The molecule has 0 spiro atoms. The lowest BCUT2D eigenvalue weighted by atomic mass is 10.1. The fourth-order valence-electron chi connectivity index (χ4n) is 1.46. The maximum absolute atomic E-state index is 5.69. The van der Waals surface area contributed by atoms with Crippen LogP contribution in [0.3, 0.4) is 0 Å². The van der Waals surface area contributed by atoms with Crippen LogP contribution >= 0.6 is 0 Å². The minimum atomic E-state index is 0.176. The summed E-state index contributed by atoms with van der Waals surface area (Å²) in [4.78, 5) is 0. The van der Waals surface area contributed by atoms with Crippen molar-refractivity contribution in [3.63, 3.8) is 0 Å². The third-order valence-electron chi connectivity index (χ3n) is 2.39. The molecule has 1 heterocycles. The number of methoxy groups -OCH3 is 1. The summed E-state index contributed by atoms with van der Waals surface area (Å²) < 4.78 is 6.46. The van der Waals surface area contributed by atoms with Crippen LogP contribution in [0.2, 0.25) is 0 Å². The molecule has 0 saturated heterocycles. The van der Waals surface area contributed by atoms with Crippen molar-refractivity contribution in [2.45, 2.75) is 6.92 Å². The number of ether oxygens (including phenoxy) is 1. The van der Waals surface area contributed by atoms with E-state index < -0.39 is 0 Å². The van der Waals surface area contributed by atoms with Gasteiger partial charge in [-0.1, -0.05) is 12.1 Å². The van der Waals surface area contributed by atoms with Gasteiger partial charge in [-0.15, -0.1) is 10.2 Å². The number of rotatable bonds is 2. The first kappa shape index (κ1) is 10.3. The van der Waals surface area contributed by atoms with E-state index in [1.54, 1.807) is 7.11 Å². The minimum absolute atomic E-state index is 0.176. The molecule has 2 rings (SSSR count). The first-order valence-corrected chi connectivity index (χ1v) is 4.74. The van der Waals surface area contributed by atoms with E-state index in [0.29, 0.717) is 5.82 Å². The largest absolute Gasteiger partial charge is 0.496 e. The van der Waals surface area contributed by atoms with Crippen molar-refractivity contribution in [3.05, 3.63) is 23.8 Å². The van der Waals surface area contributed by atoms with Crippen LogP contribution in [-0.2, 0) is 0 Å². The third kappa shape index (κ3) is 1.54. The Morgan fingerprint density at radius 1 is 1.31 bits per heavy atom. The molecule has 0 fully saturated rings. The predicted molar refractivity (Wildman–Crippen MR) is 61.3 cm³/mol. The van der Waals surface area contributed by atoms with Crippen molar-refractivity contribution in [3.8, 4) is 17.1 Å². The molecule has 6 heteroatoms. The number of anilines is 1. The van der Waals surface area contributed by atoms with Crippen molar-refractivity contribution < 1.29 is 4.74 Å². The topological polar surface area (TPSA) is 92.0 Å². The molecule has 2 aromatic rings. The molecule has 4 N–H and O–H groups in total. The molecule has 0 aliphatic rings. The van der Waals surface area contributed by atoms with E-state index in [-0.39, 0.29) is 5.95 Å². The Morgan fingerprint density at radius 3 is 2.62 bits per heavy atom. The lowest BCUT2D eigenvalue weighted by molar-refractivity contribution is 0.412. The van der Waals surface area contributed by atoms with Gasteiger partial charge in [0, 0.05) is 5.56 Å². The van der Waals surface area contributed by atoms with Crippen LogP contribution in [0.25, 0.3) is 11.4 Å². The van der Waals surface area contributed by atoms with Gasteiger partial charge in [0.2, 0.25) is 5.95 Å². The third-order valence-corrected chi connectivity index (χ3v) is 2.39. The summed E-state index contributed by atoms with van der Waals surface area (Å²) in [6, 6.07) is 5.67. The van der Waals surface area contributed by atoms with Crippen molar-refractivity contribution in [2.75, 3.05) is 18.7 Å². The second kappa shape index (κ2) is 3.73. The fourth-order valence-corrected chi connectivity index (χ4v) is 1.46. The molecule has 0 atom stereocenters.